The van der Waals surface area contributed by atoms with Gasteiger partial charge in [0.1, 0.15) is 0 Å². The van der Waals surface area contributed by atoms with Crippen molar-refractivity contribution in [1.29, 1.82) is 0 Å². The van der Waals surface area contributed by atoms with Crippen LogP contribution in [0.15, 0.2) is 53.4 Å². The zero-order valence-electron chi connectivity index (χ0n) is 14.9. The molecule has 2 aromatic rings. The normalized spacial score (nSPS) is 16.2. The minimum Gasteiger partial charge on any atom is -0.305 e. The third-order valence-electron chi connectivity index (χ3n) is 4.28. The number of halogens is 7. The molecule has 0 radical (unpaired) electrons. The fourth-order valence-corrected chi connectivity index (χ4v) is 4.30. The van der Waals surface area contributed by atoms with Gasteiger partial charge in [0, 0.05) is 6.54 Å². The second-order valence-corrected chi connectivity index (χ2v) is 8.58. The molecule has 0 atom stereocenters. The van der Waals surface area contributed by atoms with Crippen LogP contribution in [0.5, 0.6) is 0 Å². The highest BCUT2D eigenvalue weighted by Crippen LogP contribution is 2.36. The Balaban J connectivity index is 1.88. The summed E-state index contributed by atoms with van der Waals surface area (Å²) in [5, 5.41) is -0.503. The van der Waals surface area contributed by atoms with Gasteiger partial charge in [0.05, 0.1) is 26.7 Å². The van der Waals surface area contributed by atoms with E-state index in [1.165, 1.54) is 12.1 Å². The summed E-state index contributed by atoms with van der Waals surface area (Å²) in [7, 11) is -4.25. The predicted octanol–water partition coefficient (Wildman–Crippen LogP) is 5.32. The smallest absolute Gasteiger partial charge is 0.305 e. The van der Waals surface area contributed by atoms with Gasteiger partial charge in [-0.05, 0) is 48.4 Å². The maximum atomic E-state index is 13.1. The van der Waals surface area contributed by atoms with Crippen LogP contribution in [-0.2, 0) is 22.4 Å². The van der Waals surface area contributed by atoms with Crippen LogP contribution < -0.4 is 5.43 Å². The number of benzene rings is 2. The van der Waals surface area contributed by atoms with Gasteiger partial charge in [0.15, 0.2) is 0 Å². The Bertz CT molecular complexity index is 1080. The highest BCUT2D eigenvalue weighted by Gasteiger charge is 2.35. The van der Waals surface area contributed by atoms with E-state index >= 15 is 0 Å². The van der Waals surface area contributed by atoms with Gasteiger partial charge >= 0.3 is 12.4 Å². The van der Waals surface area contributed by atoms with Crippen molar-refractivity contribution < 1.29 is 34.8 Å². The number of alkyl halides is 6. The van der Waals surface area contributed by atoms with Crippen molar-refractivity contribution in [2.75, 3.05) is 6.54 Å². The number of hydrogen-bond donors (Lipinski definition) is 1. The molecule has 1 aliphatic heterocycles. The van der Waals surface area contributed by atoms with Crippen LogP contribution in [0.3, 0.4) is 0 Å². The van der Waals surface area contributed by atoms with E-state index in [4.69, 9.17) is 11.6 Å². The molecule has 1 N–H and O–H groups in total. The van der Waals surface area contributed by atoms with Gasteiger partial charge in [-0.15, -0.1) is 4.41 Å². The van der Waals surface area contributed by atoms with Gasteiger partial charge in [0.25, 0.3) is 10.0 Å². The number of rotatable bonds is 3. The first-order chi connectivity index (χ1) is 13.8. The molecular weight excluding hydrogens is 458 g/mol. The molecule has 1 heterocycles. The summed E-state index contributed by atoms with van der Waals surface area (Å²) in [6.45, 7) is -0.0629. The molecule has 30 heavy (non-hydrogen) atoms. The third-order valence-corrected chi connectivity index (χ3v) is 6.33. The molecule has 0 unspecified atom stereocenters. The van der Waals surface area contributed by atoms with Crippen LogP contribution >= 0.6 is 11.6 Å². The molecule has 0 spiro atoms. The molecule has 2 aromatic carbocycles. The molecule has 0 amide bonds. The van der Waals surface area contributed by atoms with Crippen molar-refractivity contribution in [2.24, 2.45) is 0 Å². The van der Waals surface area contributed by atoms with Crippen LogP contribution in [0.4, 0.5) is 26.3 Å². The quantitative estimate of drug-likeness (QED) is 0.618. The molecule has 0 fully saturated rings. The molecule has 0 aliphatic carbocycles. The first-order valence-corrected chi connectivity index (χ1v) is 10.2. The molecule has 0 aromatic heterocycles. The largest absolute Gasteiger partial charge is 0.417 e. The van der Waals surface area contributed by atoms with Gasteiger partial charge < -0.3 is 5.43 Å². The van der Waals surface area contributed by atoms with Crippen LogP contribution in [0.2, 0.25) is 5.02 Å². The molecular formula is C18H13ClF6N2O2S. The maximum absolute atomic E-state index is 13.1. The van der Waals surface area contributed by atoms with Gasteiger partial charge in [-0.2, -0.15) is 26.3 Å². The minimum atomic E-state index is -4.70. The first-order valence-electron chi connectivity index (χ1n) is 8.34. The van der Waals surface area contributed by atoms with E-state index in [0.29, 0.717) is 12.1 Å². The van der Waals surface area contributed by atoms with Crippen molar-refractivity contribution in [1.82, 2.24) is 9.84 Å². The standard InChI is InChI=1S/C18H13ClF6N2O2S/c19-15-8-3-11(10-14(15)18(23,24)25)16-2-1-9-27(26-16)30(28,29)13-6-4-12(5-7-13)17(20,21)22/h2-8,10,26H,1,9H2. The van der Waals surface area contributed by atoms with Crippen LogP contribution in [0.1, 0.15) is 23.1 Å². The second kappa shape index (κ2) is 7.78. The van der Waals surface area contributed by atoms with E-state index < -0.39 is 43.4 Å². The fourth-order valence-electron chi connectivity index (χ4n) is 2.78. The topological polar surface area (TPSA) is 49.4 Å². The Morgan fingerprint density at radius 3 is 2.13 bits per heavy atom. The predicted molar refractivity (Wildman–Crippen MR) is 97.5 cm³/mol. The Morgan fingerprint density at radius 2 is 1.57 bits per heavy atom. The van der Waals surface area contributed by atoms with Crippen LogP contribution in [0.25, 0.3) is 5.70 Å². The summed E-state index contributed by atoms with van der Waals surface area (Å²) in [5.74, 6) is 0. The first kappa shape index (κ1) is 22.4. The number of hydrogen-bond acceptors (Lipinski definition) is 3. The van der Waals surface area contributed by atoms with Crippen molar-refractivity contribution in [2.45, 2.75) is 23.7 Å². The fraction of sp³-hybridized carbons (Fsp3) is 0.222. The number of nitrogens with zero attached hydrogens (tertiary/aromatic N) is 1. The Kier molecular flexibility index (Phi) is 5.82. The average molecular weight is 471 g/mol. The Hall–Kier alpha value is -2.24. The maximum Gasteiger partial charge on any atom is 0.417 e. The zero-order valence-corrected chi connectivity index (χ0v) is 16.4. The summed E-state index contributed by atoms with van der Waals surface area (Å²) < 4.78 is 104. The molecule has 1 aliphatic rings. The van der Waals surface area contributed by atoms with E-state index in [2.05, 4.69) is 5.43 Å². The van der Waals surface area contributed by atoms with Crippen molar-refractivity contribution >= 4 is 27.3 Å². The van der Waals surface area contributed by atoms with Gasteiger partial charge in [0.2, 0.25) is 0 Å². The molecule has 12 heteroatoms. The van der Waals surface area contributed by atoms with Gasteiger partial charge in [-0.1, -0.05) is 23.7 Å². The second-order valence-electron chi connectivity index (χ2n) is 6.31. The third kappa shape index (κ3) is 4.57. The summed E-state index contributed by atoms with van der Waals surface area (Å²) in [5.41, 5.74) is 0.594. The number of hydrazine groups is 1. The summed E-state index contributed by atoms with van der Waals surface area (Å²) >= 11 is 5.60. The molecule has 162 valence electrons. The van der Waals surface area contributed by atoms with E-state index in [1.54, 1.807) is 0 Å². The van der Waals surface area contributed by atoms with Crippen molar-refractivity contribution in [3.63, 3.8) is 0 Å². The van der Waals surface area contributed by atoms with Gasteiger partial charge in [-0.3, -0.25) is 0 Å². The molecule has 0 saturated heterocycles. The van der Waals surface area contributed by atoms with Crippen LogP contribution in [-0.4, -0.2) is 19.4 Å². The highest BCUT2D eigenvalue weighted by atomic mass is 35.5. The van der Waals surface area contributed by atoms with Crippen molar-refractivity contribution in [3.8, 4) is 0 Å². The van der Waals surface area contributed by atoms with E-state index in [-0.39, 0.29) is 24.2 Å². The summed E-state index contributed by atoms with van der Waals surface area (Å²) in [4.78, 5) is -0.392. The number of sulfonamides is 1. The van der Waals surface area contributed by atoms with Gasteiger partial charge in [-0.25, -0.2) is 8.42 Å². The molecule has 3 rings (SSSR count). The van der Waals surface area contributed by atoms with E-state index in [0.717, 1.165) is 28.7 Å². The van der Waals surface area contributed by atoms with E-state index in [9.17, 15) is 34.8 Å². The van der Waals surface area contributed by atoms with Crippen molar-refractivity contribution in [3.05, 3.63) is 70.3 Å². The highest BCUT2D eigenvalue weighted by molar-refractivity contribution is 7.89. The lowest BCUT2D eigenvalue weighted by atomic mass is 10.1. The SMILES string of the molecule is O=S(=O)(c1ccc(C(F)(F)F)cc1)N1CCC=C(c2ccc(Cl)c(C(F)(F)F)c2)N1. The Labute approximate surface area is 172 Å². The van der Waals surface area contributed by atoms with E-state index in [1.807, 2.05) is 0 Å². The molecule has 0 saturated carbocycles. The van der Waals surface area contributed by atoms with Crippen LogP contribution in [0, 0.1) is 0 Å². The summed E-state index contributed by atoms with van der Waals surface area (Å²) in [6.07, 6.45) is -7.63. The number of nitrogens with one attached hydrogen (secondary N) is 1. The molecule has 4 nitrogen and oxygen atoms in total. The zero-order chi connectivity index (χ0) is 22.3. The molecule has 0 bridgehead atoms. The lowest BCUT2D eigenvalue weighted by Crippen LogP contribution is -2.44. The Morgan fingerprint density at radius 1 is 0.933 bits per heavy atom. The monoisotopic (exact) mass is 470 g/mol. The summed E-state index contributed by atoms with van der Waals surface area (Å²) in [6, 6.07) is 6.06. The lowest BCUT2D eigenvalue weighted by Gasteiger charge is -2.29. The minimum absolute atomic E-state index is 0.0547. The lowest BCUT2D eigenvalue weighted by molar-refractivity contribution is -0.138. The average Bonchev–Trinajstić information content (AvgIpc) is 2.67.